The summed E-state index contributed by atoms with van der Waals surface area (Å²) in [5, 5.41) is 9.36. The number of carbonyl (C=O) groups excluding carboxylic acids is 1. The minimum Gasteiger partial charge on any atom is -0.338 e. The predicted octanol–water partition coefficient (Wildman–Crippen LogP) is 4.11. The number of hydrogen-bond donors (Lipinski definition) is 2. The van der Waals surface area contributed by atoms with Gasteiger partial charge in [0.05, 0.1) is 0 Å². The van der Waals surface area contributed by atoms with Gasteiger partial charge in [0.1, 0.15) is 0 Å². The normalized spacial score (nSPS) is 10.8. The second-order valence-corrected chi connectivity index (χ2v) is 6.14. The van der Waals surface area contributed by atoms with E-state index >= 15 is 0 Å². The standard InChI is InChI=1S/C17H24N2OS/c1-3-9-18-17(20)19-10-5-6-14-12-21-16-8-7-13(4-2)11-15(14)16/h7-8,11-12H,3-6,9-10H2,1-2H3,(H2,18,19,20). The topological polar surface area (TPSA) is 41.1 Å². The van der Waals surface area contributed by atoms with Crippen LogP contribution in [0.15, 0.2) is 23.6 Å². The summed E-state index contributed by atoms with van der Waals surface area (Å²) in [6.07, 6.45) is 4.03. The van der Waals surface area contributed by atoms with Crippen molar-refractivity contribution in [1.82, 2.24) is 10.6 Å². The monoisotopic (exact) mass is 304 g/mol. The van der Waals surface area contributed by atoms with Crippen LogP contribution in [-0.2, 0) is 12.8 Å². The number of nitrogens with one attached hydrogen (secondary N) is 2. The fourth-order valence-corrected chi connectivity index (χ4v) is 3.30. The van der Waals surface area contributed by atoms with Crippen molar-refractivity contribution in [2.45, 2.75) is 39.5 Å². The van der Waals surface area contributed by atoms with Gasteiger partial charge in [0.2, 0.25) is 0 Å². The number of urea groups is 1. The van der Waals surface area contributed by atoms with Crippen LogP contribution >= 0.6 is 11.3 Å². The van der Waals surface area contributed by atoms with E-state index in [1.165, 1.54) is 21.2 Å². The van der Waals surface area contributed by atoms with Gasteiger partial charge in [-0.15, -0.1) is 11.3 Å². The molecule has 2 N–H and O–H groups in total. The van der Waals surface area contributed by atoms with Crippen LogP contribution in [-0.4, -0.2) is 19.1 Å². The van der Waals surface area contributed by atoms with Crippen LogP contribution in [0.2, 0.25) is 0 Å². The van der Waals surface area contributed by atoms with E-state index in [4.69, 9.17) is 0 Å². The fraction of sp³-hybridized carbons (Fsp3) is 0.471. The summed E-state index contributed by atoms with van der Waals surface area (Å²) in [5.41, 5.74) is 2.79. The lowest BCUT2D eigenvalue weighted by atomic mass is 10.0. The minimum absolute atomic E-state index is 0.0553. The zero-order chi connectivity index (χ0) is 15.1. The molecule has 0 spiro atoms. The summed E-state index contributed by atoms with van der Waals surface area (Å²) in [5.74, 6) is 0. The number of hydrogen-bond acceptors (Lipinski definition) is 2. The van der Waals surface area contributed by atoms with E-state index in [-0.39, 0.29) is 6.03 Å². The van der Waals surface area contributed by atoms with Crippen molar-refractivity contribution in [3.8, 4) is 0 Å². The molecule has 0 fully saturated rings. The first-order valence-corrected chi connectivity index (χ1v) is 8.63. The average Bonchev–Trinajstić information content (AvgIpc) is 2.91. The van der Waals surface area contributed by atoms with Crippen LogP contribution in [0, 0.1) is 0 Å². The van der Waals surface area contributed by atoms with Gasteiger partial charge in [-0.1, -0.05) is 26.0 Å². The molecule has 0 radical (unpaired) electrons. The van der Waals surface area contributed by atoms with Crippen molar-refractivity contribution in [2.24, 2.45) is 0 Å². The van der Waals surface area contributed by atoms with Gasteiger partial charge in [-0.3, -0.25) is 0 Å². The van der Waals surface area contributed by atoms with E-state index in [0.717, 1.165) is 38.8 Å². The van der Waals surface area contributed by atoms with Gasteiger partial charge in [-0.2, -0.15) is 0 Å². The SMILES string of the molecule is CCCNC(=O)NCCCc1csc2ccc(CC)cc12. The summed E-state index contributed by atoms with van der Waals surface area (Å²) in [6, 6.07) is 6.68. The Hall–Kier alpha value is -1.55. The third-order valence-electron chi connectivity index (χ3n) is 3.57. The summed E-state index contributed by atoms with van der Waals surface area (Å²) in [6.45, 7) is 5.69. The van der Waals surface area contributed by atoms with Crippen LogP contribution in [0.1, 0.15) is 37.8 Å². The van der Waals surface area contributed by atoms with E-state index in [2.05, 4.69) is 41.1 Å². The van der Waals surface area contributed by atoms with Gasteiger partial charge in [0.25, 0.3) is 0 Å². The van der Waals surface area contributed by atoms with Gasteiger partial charge in [0, 0.05) is 17.8 Å². The number of fused-ring (bicyclic) bond motifs is 1. The molecule has 114 valence electrons. The molecular formula is C17H24N2OS. The molecule has 3 nitrogen and oxygen atoms in total. The Morgan fingerprint density at radius 2 is 2.00 bits per heavy atom. The molecule has 2 amide bonds. The molecule has 0 saturated heterocycles. The smallest absolute Gasteiger partial charge is 0.314 e. The average molecular weight is 304 g/mol. The van der Waals surface area contributed by atoms with Crippen molar-refractivity contribution in [3.05, 3.63) is 34.7 Å². The fourth-order valence-electron chi connectivity index (χ4n) is 2.32. The first kappa shape index (κ1) is 15.8. The lowest BCUT2D eigenvalue weighted by Gasteiger charge is -2.06. The molecule has 0 aliphatic rings. The summed E-state index contributed by atoms with van der Waals surface area (Å²) in [7, 11) is 0. The van der Waals surface area contributed by atoms with Gasteiger partial charge in [-0.05, 0) is 53.6 Å². The number of thiophene rings is 1. The highest BCUT2D eigenvalue weighted by Gasteiger charge is 2.05. The number of amides is 2. The van der Waals surface area contributed by atoms with Crippen molar-refractivity contribution in [2.75, 3.05) is 13.1 Å². The maximum atomic E-state index is 11.4. The Labute approximate surface area is 130 Å². The molecule has 0 atom stereocenters. The molecule has 0 bridgehead atoms. The van der Waals surface area contributed by atoms with Crippen LogP contribution in [0.3, 0.4) is 0 Å². The molecule has 0 unspecified atom stereocenters. The minimum atomic E-state index is -0.0553. The Morgan fingerprint density at radius 3 is 2.76 bits per heavy atom. The van der Waals surface area contributed by atoms with Crippen molar-refractivity contribution in [1.29, 1.82) is 0 Å². The maximum absolute atomic E-state index is 11.4. The first-order chi connectivity index (χ1) is 10.2. The van der Waals surface area contributed by atoms with E-state index in [9.17, 15) is 4.79 Å². The van der Waals surface area contributed by atoms with Gasteiger partial charge in [-0.25, -0.2) is 4.79 Å². The van der Waals surface area contributed by atoms with Crippen LogP contribution in [0.5, 0.6) is 0 Å². The van der Waals surface area contributed by atoms with Gasteiger partial charge >= 0.3 is 6.03 Å². The molecule has 0 aliphatic carbocycles. The second kappa shape index (κ2) is 8.03. The molecule has 1 aromatic carbocycles. The molecule has 1 aromatic heterocycles. The van der Waals surface area contributed by atoms with Crippen LogP contribution < -0.4 is 10.6 Å². The lowest BCUT2D eigenvalue weighted by Crippen LogP contribution is -2.36. The predicted molar refractivity (Wildman–Crippen MR) is 91.2 cm³/mol. The van der Waals surface area contributed by atoms with E-state index in [0.29, 0.717) is 0 Å². The Morgan fingerprint density at radius 1 is 1.19 bits per heavy atom. The Balaban J connectivity index is 1.84. The van der Waals surface area contributed by atoms with E-state index in [1.807, 2.05) is 18.3 Å². The van der Waals surface area contributed by atoms with Gasteiger partial charge in [0.15, 0.2) is 0 Å². The zero-order valence-corrected chi connectivity index (χ0v) is 13.7. The molecule has 2 rings (SSSR count). The van der Waals surface area contributed by atoms with Crippen molar-refractivity contribution in [3.63, 3.8) is 0 Å². The van der Waals surface area contributed by atoms with Crippen molar-refractivity contribution < 1.29 is 4.79 Å². The highest BCUT2D eigenvalue weighted by Crippen LogP contribution is 2.28. The first-order valence-electron chi connectivity index (χ1n) is 7.75. The van der Waals surface area contributed by atoms with Crippen molar-refractivity contribution >= 4 is 27.5 Å². The number of carbonyl (C=O) groups is 1. The Kier molecular flexibility index (Phi) is 6.05. The highest BCUT2D eigenvalue weighted by molar-refractivity contribution is 7.17. The Bertz CT molecular complexity index is 591. The molecule has 21 heavy (non-hydrogen) atoms. The van der Waals surface area contributed by atoms with E-state index in [1.54, 1.807) is 0 Å². The maximum Gasteiger partial charge on any atom is 0.314 e. The third kappa shape index (κ3) is 4.46. The van der Waals surface area contributed by atoms with E-state index < -0.39 is 0 Å². The molecule has 4 heteroatoms. The number of benzene rings is 1. The second-order valence-electron chi connectivity index (χ2n) is 5.23. The van der Waals surface area contributed by atoms with Crippen LogP contribution in [0.25, 0.3) is 10.1 Å². The zero-order valence-electron chi connectivity index (χ0n) is 12.9. The van der Waals surface area contributed by atoms with Crippen LogP contribution in [0.4, 0.5) is 4.79 Å². The lowest BCUT2D eigenvalue weighted by molar-refractivity contribution is 0.241. The quantitative estimate of drug-likeness (QED) is 0.743. The highest BCUT2D eigenvalue weighted by atomic mass is 32.1. The molecule has 0 saturated carbocycles. The summed E-state index contributed by atoms with van der Waals surface area (Å²) in [4.78, 5) is 11.4. The molecule has 1 heterocycles. The van der Waals surface area contributed by atoms with Gasteiger partial charge < -0.3 is 10.6 Å². The molecule has 0 aliphatic heterocycles. The largest absolute Gasteiger partial charge is 0.338 e. The summed E-state index contributed by atoms with van der Waals surface area (Å²) >= 11 is 1.81. The third-order valence-corrected chi connectivity index (χ3v) is 4.58. The summed E-state index contributed by atoms with van der Waals surface area (Å²) < 4.78 is 1.36. The molecular weight excluding hydrogens is 280 g/mol. The number of rotatable bonds is 7. The number of aryl methyl sites for hydroxylation is 2. The molecule has 2 aromatic rings.